The van der Waals surface area contributed by atoms with Crippen molar-refractivity contribution in [3.8, 4) is 5.75 Å². The molecule has 7 heteroatoms. The average Bonchev–Trinajstić information content (AvgIpc) is 3.10. The molecule has 2 heterocycles. The first-order chi connectivity index (χ1) is 13.6. The molecule has 1 aliphatic rings. The van der Waals surface area contributed by atoms with E-state index >= 15 is 0 Å². The van der Waals surface area contributed by atoms with E-state index in [1.54, 1.807) is 6.07 Å². The minimum Gasteiger partial charge on any atom is -0.507 e. The third-order valence-corrected chi connectivity index (χ3v) is 4.94. The average molecular weight is 398 g/mol. The summed E-state index contributed by atoms with van der Waals surface area (Å²) in [5.74, 6) is -0.531. The molecule has 4 rings (SSSR count). The van der Waals surface area contributed by atoms with Gasteiger partial charge in [-0.15, -0.1) is 0 Å². The number of hydrogen-bond donors (Lipinski definition) is 2. The van der Waals surface area contributed by atoms with Gasteiger partial charge in [0.1, 0.15) is 11.9 Å². The highest BCUT2D eigenvalue weighted by atomic mass is 35.5. The summed E-state index contributed by atoms with van der Waals surface area (Å²) in [6.45, 7) is 1.54. The molecular formula is C21H20ClN3O3. The van der Waals surface area contributed by atoms with E-state index in [1.165, 1.54) is 17.7 Å². The van der Waals surface area contributed by atoms with Crippen LogP contribution in [-0.2, 0) is 17.7 Å². The fourth-order valence-corrected chi connectivity index (χ4v) is 3.48. The van der Waals surface area contributed by atoms with Gasteiger partial charge in [0.15, 0.2) is 0 Å². The third kappa shape index (κ3) is 4.03. The molecule has 1 amide bonds. The molecule has 0 saturated carbocycles. The summed E-state index contributed by atoms with van der Waals surface area (Å²) in [7, 11) is 0. The van der Waals surface area contributed by atoms with Gasteiger partial charge in [-0.05, 0) is 35.7 Å². The van der Waals surface area contributed by atoms with Crippen LogP contribution in [0.3, 0.4) is 0 Å². The van der Waals surface area contributed by atoms with E-state index < -0.39 is 0 Å². The topological polar surface area (TPSA) is 76.4 Å². The van der Waals surface area contributed by atoms with E-state index in [4.69, 9.17) is 16.3 Å². The van der Waals surface area contributed by atoms with Crippen LogP contribution >= 0.6 is 11.6 Å². The second kappa shape index (κ2) is 8.04. The maximum Gasteiger partial charge on any atom is 0.255 e. The summed E-state index contributed by atoms with van der Waals surface area (Å²) in [6, 6.07) is 14.5. The highest BCUT2D eigenvalue weighted by Crippen LogP contribution is 2.26. The number of carbonyl (C=O) groups excluding carboxylic acids is 1. The first-order valence-electron chi connectivity index (χ1n) is 9.08. The predicted octanol–water partition coefficient (Wildman–Crippen LogP) is 3.33. The zero-order valence-corrected chi connectivity index (χ0v) is 15.9. The second-order valence-electron chi connectivity index (χ2n) is 6.70. The lowest BCUT2D eigenvalue weighted by molar-refractivity contribution is 0.0383. The Balaban J connectivity index is 1.45. The first-order valence-corrected chi connectivity index (χ1v) is 9.46. The maximum atomic E-state index is 12.4. The van der Waals surface area contributed by atoms with Gasteiger partial charge < -0.3 is 15.2 Å². The van der Waals surface area contributed by atoms with Crippen LogP contribution in [0.25, 0.3) is 0 Å². The molecule has 0 saturated heterocycles. The summed E-state index contributed by atoms with van der Waals surface area (Å²) in [5.41, 5.74) is 3.33. The van der Waals surface area contributed by atoms with Crippen molar-refractivity contribution in [2.45, 2.75) is 19.1 Å². The molecule has 6 nitrogen and oxygen atoms in total. The fourth-order valence-electron chi connectivity index (χ4n) is 3.32. The number of phenolic OH excluding ortho intramolecular Hbond substituents is 1. The van der Waals surface area contributed by atoms with Crippen LogP contribution in [-0.4, -0.2) is 33.9 Å². The lowest BCUT2D eigenvalue weighted by Gasteiger charge is -2.22. The molecule has 1 aromatic heterocycles. The van der Waals surface area contributed by atoms with Gasteiger partial charge in [-0.3, -0.25) is 9.48 Å². The van der Waals surface area contributed by atoms with Crippen molar-refractivity contribution in [3.63, 3.8) is 0 Å². The van der Waals surface area contributed by atoms with Gasteiger partial charge in [0.25, 0.3) is 5.91 Å². The summed E-state index contributed by atoms with van der Waals surface area (Å²) >= 11 is 5.81. The van der Waals surface area contributed by atoms with Gasteiger partial charge in [-0.2, -0.15) is 5.10 Å². The molecule has 3 aromatic rings. The van der Waals surface area contributed by atoms with E-state index in [0.717, 1.165) is 17.7 Å². The van der Waals surface area contributed by atoms with Crippen molar-refractivity contribution in [1.29, 1.82) is 0 Å². The molecule has 0 aliphatic carbocycles. The molecule has 0 radical (unpaired) electrons. The number of carbonyl (C=O) groups is 1. The van der Waals surface area contributed by atoms with Gasteiger partial charge in [0, 0.05) is 17.8 Å². The minimum atomic E-state index is -0.381. The third-order valence-electron chi connectivity index (χ3n) is 4.71. The van der Waals surface area contributed by atoms with Gasteiger partial charge in [-0.25, -0.2) is 0 Å². The van der Waals surface area contributed by atoms with Gasteiger partial charge in [-0.1, -0.05) is 41.9 Å². The second-order valence-corrected chi connectivity index (χ2v) is 7.14. The largest absolute Gasteiger partial charge is 0.507 e. The van der Waals surface area contributed by atoms with E-state index in [0.29, 0.717) is 18.2 Å². The predicted molar refractivity (Wildman–Crippen MR) is 106 cm³/mol. The van der Waals surface area contributed by atoms with E-state index in [9.17, 15) is 9.90 Å². The van der Waals surface area contributed by atoms with Crippen molar-refractivity contribution in [1.82, 2.24) is 15.1 Å². The summed E-state index contributed by atoms with van der Waals surface area (Å²) in [6.07, 6.45) is 2.52. The van der Waals surface area contributed by atoms with Gasteiger partial charge >= 0.3 is 0 Å². The quantitative estimate of drug-likeness (QED) is 0.692. The number of phenols is 1. The number of hydrogen-bond acceptors (Lipinski definition) is 4. The van der Waals surface area contributed by atoms with Crippen LogP contribution in [0.5, 0.6) is 5.75 Å². The lowest BCUT2D eigenvalue weighted by atomic mass is 10.1. The van der Waals surface area contributed by atoms with Gasteiger partial charge in [0.05, 0.1) is 24.4 Å². The highest BCUT2D eigenvalue weighted by molar-refractivity contribution is 6.30. The SMILES string of the molecule is O=C(NCC1OCCc2cn(Cc3ccccc3)nc21)c1ccc(Cl)cc1O. The minimum absolute atomic E-state index is 0.151. The van der Waals surface area contributed by atoms with Crippen molar-refractivity contribution in [2.75, 3.05) is 13.2 Å². The van der Waals surface area contributed by atoms with E-state index in [-0.39, 0.29) is 29.9 Å². The van der Waals surface area contributed by atoms with Crippen LogP contribution in [0.2, 0.25) is 5.02 Å². The number of aromatic hydroxyl groups is 1. The Bertz CT molecular complexity index is 988. The standard InChI is InChI=1S/C21H20ClN3O3/c22-16-6-7-17(18(26)10-16)21(27)23-11-19-20-15(8-9-28-19)13-25(24-20)12-14-4-2-1-3-5-14/h1-7,10,13,19,26H,8-9,11-12H2,(H,23,27). The van der Waals surface area contributed by atoms with Crippen molar-refractivity contribution >= 4 is 17.5 Å². The monoisotopic (exact) mass is 397 g/mol. The zero-order valence-electron chi connectivity index (χ0n) is 15.1. The molecule has 144 valence electrons. The van der Waals surface area contributed by atoms with E-state index in [2.05, 4.69) is 22.5 Å². The Morgan fingerprint density at radius 2 is 2.11 bits per heavy atom. The molecule has 2 aromatic carbocycles. The van der Waals surface area contributed by atoms with Crippen molar-refractivity contribution < 1.29 is 14.6 Å². The fraction of sp³-hybridized carbons (Fsp3) is 0.238. The Kier molecular flexibility index (Phi) is 5.32. The molecule has 28 heavy (non-hydrogen) atoms. The molecule has 0 spiro atoms. The smallest absolute Gasteiger partial charge is 0.255 e. The number of nitrogens with one attached hydrogen (secondary N) is 1. The van der Waals surface area contributed by atoms with Gasteiger partial charge in [0.2, 0.25) is 0 Å². The van der Waals surface area contributed by atoms with Crippen LogP contribution in [0.1, 0.15) is 33.3 Å². The van der Waals surface area contributed by atoms with Crippen LogP contribution < -0.4 is 5.32 Å². The van der Waals surface area contributed by atoms with E-state index in [1.807, 2.05) is 29.1 Å². The highest BCUT2D eigenvalue weighted by Gasteiger charge is 2.25. The molecule has 1 atom stereocenters. The van der Waals surface area contributed by atoms with Crippen LogP contribution in [0.15, 0.2) is 54.7 Å². The molecule has 1 unspecified atom stereocenters. The molecule has 1 aliphatic heterocycles. The molecular weight excluding hydrogens is 378 g/mol. The number of aromatic nitrogens is 2. The summed E-state index contributed by atoms with van der Waals surface area (Å²) in [4.78, 5) is 12.4. The normalized spacial score (nSPS) is 15.8. The number of fused-ring (bicyclic) bond motifs is 1. The molecule has 0 bridgehead atoms. The Hall–Kier alpha value is -2.83. The lowest BCUT2D eigenvalue weighted by Crippen LogP contribution is -2.32. The number of amides is 1. The van der Waals surface area contributed by atoms with Crippen molar-refractivity contribution in [3.05, 3.63) is 82.1 Å². The number of rotatable bonds is 5. The Labute approximate surface area is 167 Å². The summed E-state index contributed by atoms with van der Waals surface area (Å²) in [5, 5.41) is 17.8. The number of benzene rings is 2. The maximum absolute atomic E-state index is 12.4. The van der Waals surface area contributed by atoms with Crippen molar-refractivity contribution in [2.24, 2.45) is 0 Å². The number of halogens is 1. The number of ether oxygens (including phenoxy) is 1. The Morgan fingerprint density at radius 3 is 2.89 bits per heavy atom. The Morgan fingerprint density at radius 1 is 1.29 bits per heavy atom. The summed E-state index contributed by atoms with van der Waals surface area (Å²) < 4.78 is 7.74. The molecule has 0 fully saturated rings. The number of nitrogens with zero attached hydrogens (tertiary/aromatic N) is 2. The first kappa shape index (κ1) is 18.5. The molecule has 2 N–H and O–H groups in total. The van der Waals surface area contributed by atoms with Crippen LogP contribution in [0, 0.1) is 0 Å². The van der Waals surface area contributed by atoms with Crippen LogP contribution in [0.4, 0.5) is 0 Å². The zero-order chi connectivity index (χ0) is 19.5.